The zero-order valence-corrected chi connectivity index (χ0v) is 45.9. The van der Waals surface area contributed by atoms with Crippen LogP contribution in [0.1, 0.15) is 103 Å². The van der Waals surface area contributed by atoms with Crippen LogP contribution in [-0.4, -0.2) is 0 Å². The molecular formula is C74H64N2O. The lowest BCUT2D eigenvalue weighted by atomic mass is 9.81. The molecule has 376 valence electrons. The minimum absolute atomic E-state index is 0.0337. The van der Waals surface area contributed by atoms with Crippen molar-refractivity contribution in [1.82, 2.24) is 0 Å². The summed E-state index contributed by atoms with van der Waals surface area (Å²) in [6.45, 7) is 23.2. The van der Waals surface area contributed by atoms with E-state index in [0.29, 0.717) is 0 Å². The van der Waals surface area contributed by atoms with Crippen LogP contribution in [0.25, 0.3) is 76.5 Å². The molecule has 0 fully saturated rings. The minimum atomic E-state index is -0.175. The van der Waals surface area contributed by atoms with Gasteiger partial charge in [0.05, 0.1) is 0 Å². The summed E-state index contributed by atoms with van der Waals surface area (Å²) < 4.78 is 6.98. The van der Waals surface area contributed by atoms with Gasteiger partial charge in [-0.1, -0.05) is 160 Å². The molecule has 0 aliphatic heterocycles. The van der Waals surface area contributed by atoms with E-state index in [-0.39, 0.29) is 21.7 Å². The number of nitrogens with zero attached hydrogens (tertiary/aromatic N) is 2. The highest BCUT2D eigenvalue weighted by molar-refractivity contribution is 6.11. The summed E-state index contributed by atoms with van der Waals surface area (Å²) in [5.41, 5.74) is 21.4. The minimum Gasteiger partial charge on any atom is -0.456 e. The van der Waals surface area contributed by atoms with Crippen LogP contribution in [0.15, 0.2) is 211 Å². The van der Waals surface area contributed by atoms with Crippen molar-refractivity contribution in [1.29, 1.82) is 0 Å². The van der Waals surface area contributed by atoms with Gasteiger partial charge in [0, 0.05) is 61.8 Å². The Hall–Kier alpha value is -8.40. The zero-order chi connectivity index (χ0) is 52.9. The second kappa shape index (κ2) is 16.6. The van der Waals surface area contributed by atoms with Crippen LogP contribution in [0.4, 0.5) is 34.1 Å². The van der Waals surface area contributed by atoms with Crippen LogP contribution in [-0.2, 0) is 21.7 Å². The first-order chi connectivity index (χ1) is 36.9. The van der Waals surface area contributed by atoms with Gasteiger partial charge in [-0.05, 0) is 208 Å². The van der Waals surface area contributed by atoms with E-state index in [1.807, 2.05) is 0 Å². The summed E-state index contributed by atoms with van der Waals surface area (Å²) in [7, 11) is 0. The van der Waals surface area contributed by atoms with Crippen molar-refractivity contribution >= 4 is 88.4 Å². The SMILES string of the molecule is CC(C)(C)c1ccc(N(c2ccc3c(c2)C(C)(C)c2cc4ccccc4cc2-3)c2ccc3cc4c(cc3c2)oc2cc(N(c3ccc(C(C)(C)C)cc3)c3ccc5c(c3)C(C)(C)c3cc6ccccc6cc3-5)ccc24)cc1. The highest BCUT2D eigenvalue weighted by Crippen LogP contribution is 2.54. The predicted octanol–water partition coefficient (Wildman–Crippen LogP) is 21.2. The second-order valence-electron chi connectivity index (χ2n) is 25.1. The molecule has 0 N–H and O–H groups in total. The van der Waals surface area contributed by atoms with Crippen molar-refractivity contribution in [3.8, 4) is 22.3 Å². The molecule has 0 spiro atoms. The Morgan fingerprint density at radius 2 is 0.675 bits per heavy atom. The Kier molecular flexibility index (Phi) is 10.1. The summed E-state index contributed by atoms with van der Waals surface area (Å²) >= 11 is 0. The van der Waals surface area contributed by atoms with Crippen LogP contribution in [0.3, 0.4) is 0 Å². The first-order valence-corrected chi connectivity index (χ1v) is 27.5. The molecule has 0 bridgehead atoms. The second-order valence-corrected chi connectivity index (χ2v) is 25.1. The summed E-state index contributed by atoms with van der Waals surface area (Å²) in [5.74, 6) is 0. The van der Waals surface area contributed by atoms with Crippen molar-refractivity contribution in [3.63, 3.8) is 0 Å². The summed E-state index contributed by atoms with van der Waals surface area (Å²) in [6, 6.07) is 77.8. The maximum Gasteiger partial charge on any atom is 0.137 e. The maximum absolute atomic E-state index is 6.98. The van der Waals surface area contributed by atoms with E-state index in [0.717, 1.165) is 61.4 Å². The summed E-state index contributed by atoms with van der Waals surface area (Å²) in [4.78, 5) is 4.83. The molecular weight excluding hydrogens is 933 g/mol. The topological polar surface area (TPSA) is 19.6 Å². The molecule has 2 aliphatic rings. The average molecular weight is 997 g/mol. The molecule has 11 aromatic carbocycles. The first-order valence-electron chi connectivity index (χ1n) is 27.5. The molecule has 14 rings (SSSR count). The number of rotatable bonds is 6. The molecule has 0 saturated carbocycles. The Bertz CT molecular complexity index is 4190. The number of furan rings is 1. The maximum atomic E-state index is 6.98. The molecule has 0 radical (unpaired) electrons. The predicted molar refractivity (Wildman–Crippen MR) is 328 cm³/mol. The third-order valence-electron chi connectivity index (χ3n) is 17.5. The smallest absolute Gasteiger partial charge is 0.137 e. The van der Waals surface area contributed by atoms with Gasteiger partial charge >= 0.3 is 0 Å². The normalized spacial score (nSPS) is 14.3. The number of benzene rings is 11. The molecule has 0 saturated heterocycles. The molecule has 12 aromatic rings. The molecule has 77 heavy (non-hydrogen) atoms. The van der Waals surface area contributed by atoms with Crippen LogP contribution < -0.4 is 9.80 Å². The molecule has 3 nitrogen and oxygen atoms in total. The summed E-state index contributed by atoms with van der Waals surface area (Å²) in [5, 5.41) is 9.63. The van der Waals surface area contributed by atoms with Crippen LogP contribution in [0.5, 0.6) is 0 Å². The fraction of sp³-hybridized carbons (Fsp3) is 0.189. The number of fused-ring (bicyclic) bond motifs is 12. The van der Waals surface area contributed by atoms with Crippen molar-refractivity contribution in [2.24, 2.45) is 0 Å². The third kappa shape index (κ3) is 7.45. The van der Waals surface area contributed by atoms with Gasteiger partial charge in [0.1, 0.15) is 11.2 Å². The van der Waals surface area contributed by atoms with Gasteiger partial charge in [-0.2, -0.15) is 0 Å². The van der Waals surface area contributed by atoms with E-state index < -0.39 is 0 Å². The number of hydrogen-bond donors (Lipinski definition) is 0. The largest absolute Gasteiger partial charge is 0.456 e. The van der Waals surface area contributed by atoms with Crippen molar-refractivity contribution in [2.45, 2.75) is 90.9 Å². The van der Waals surface area contributed by atoms with Gasteiger partial charge in [0.2, 0.25) is 0 Å². The fourth-order valence-electron chi connectivity index (χ4n) is 13.0. The molecule has 0 atom stereocenters. The van der Waals surface area contributed by atoms with Gasteiger partial charge in [0.15, 0.2) is 0 Å². The van der Waals surface area contributed by atoms with Crippen LogP contribution in [0.2, 0.25) is 0 Å². The lowest BCUT2D eigenvalue weighted by Gasteiger charge is -2.29. The van der Waals surface area contributed by atoms with E-state index >= 15 is 0 Å². The highest BCUT2D eigenvalue weighted by Gasteiger charge is 2.38. The van der Waals surface area contributed by atoms with Crippen molar-refractivity contribution < 1.29 is 4.42 Å². The molecule has 3 heteroatoms. The standard InChI is InChI=1S/C74H64N2O/c1-71(2,3)51-20-25-53(26-21-51)75(56-29-32-59-62-36-45-15-11-13-17-47(45)39-65(62)73(7,8)67(59)42-56)55-24-19-49-38-64-61-34-31-58(44-70(61)77-69(64)41-50(49)35-55)76(54-27-22-52(23-28-54)72(4,5)6)57-30-33-60-63-37-46-16-12-14-18-48(46)40-66(63)74(9,10)68(60)43-57/h11-44H,1-10H3. The highest BCUT2D eigenvalue weighted by atomic mass is 16.3. The van der Waals surface area contributed by atoms with E-state index in [1.165, 1.54) is 82.6 Å². The third-order valence-corrected chi connectivity index (χ3v) is 17.5. The van der Waals surface area contributed by atoms with Crippen LogP contribution >= 0.6 is 0 Å². The van der Waals surface area contributed by atoms with E-state index in [9.17, 15) is 0 Å². The van der Waals surface area contributed by atoms with Gasteiger partial charge in [0.25, 0.3) is 0 Å². The Morgan fingerprint density at radius 1 is 0.299 bits per heavy atom. The lowest BCUT2D eigenvalue weighted by molar-refractivity contribution is 0.590. The molecule has 0 unspecified atom stereocenters. The Balaban J connectivity index is 0.873. The fourth-order valence-corrected chi connectivity index (χ4v) is 13.0. The van der Waals surface area contributed by atoms with Gasteiger partial charge in [-0.25, -0.2) is 0 Å². The lowest BCUT2D eigenvalue weighted by Crippen LogP contribution is -2.17. The molecule has 1 aromatic heterocycles. The Morgan fingerprint density at radius 3 is 1.16 bits per heavy atom. The van der Waals surface area contributed by atoms with E-state index in [4.69, 9.17) is 4.42 Å². The summed E-state index contributed by atoms with van der Waals surface area (Å²) in [6.07, 6.45) is 0. The first kappa shape index (κ1) is 47.1. The Labute approximate surface area is 453 Å². The van der Waals surface area contributed by atoms with E-state index in [2.05, 4.69) is 285 Å². The monoisotopic (exact) mass is 997 g/mol. The average Bonchev–Trinajstić information content (AvgIpc) is 4.11. The quantitative estimate of drug-likeness (QED) is 0.166. The van der Waals surface area contributed by atoms with Gasteiger partial charge in [-0.3, -0.25) is 0 Å². The number of hydrogen-bond acceptors (Lipinski definition) is 3. The van der Waals surface area contributed by atoms with Crippen molar-refractivity contribution in [2.75, 3.05) is 9.80 Å². The van der Waals surface area contributed by atoms with E-state index in [1.54, 1.807) is 0 Å². The molecule has 1 heterocycles. The number of anilines is 6. The van der Waals surface area contributed by atoms with Gasteiger partial charge < -0.3 is 14.2 Å². The van der Waals surface area contributed by atoms with Crippen LogP contribution in [0, 0.1) is 0 Å². The zero-order valence-electron chi connectivity index (χ0n) is 45.9. The van der Waals surface area contributed by atoms with Gasteiger partial charge in [-0.15, -0.1) is 0 Å². The van der Waals surface area contributed by atoms with Crippen molar-refractivity contribution in [3.05, 3.63) is 240 Å². The molecule has 2 aliphatic carbocycles. The molecule has 0 amide bonds.